The molecule has 0 aromatic rings. The van der Waals surface area contributed by atoms with Gasteiger partial charge in [0.15, 0.2) is 6.10 Å². The summed E-state index contributed by atoms with van der Waals surface area (Å²) < 4.78 is 4.81. The van der Waals surface area contributed by atoms with Gasteiger partial charge >= 0.3 is 5.97 Å². The molecule has 3 nitrogen and oxygen atoms in total. The summed E-state index contributed by atoms with van der Waals surface area (Å²) in [5.41, 5.74) is 0. The van der Waals surface area contributed by atoms with Crippen molar-refractivity contribution < 1.29 is 14.6 Å². The SMILES string of the molecule is CCOC(=O)C(O)CC1CC2CCC1C2. The van der Waals surface area contributed by atoms with Gasteiger partial charge in [0, 0.05) is 0 Å². The number of carbonyl (C=O) groups excluding carboxylic acids is 1. The minimum atomic E-state index is -0.894. The molecule has 1 N–H and O–H groups in total. The molecule has 3 heteroatoms. The summed E-state index contributed by atoms with van der Waals surface area (Å²) in [6, 6.07) is 0. The van der Waals surface area contributed by atoms with E-state index in [-0.39, 0.29) is 0 Å². The molecule has 0 aliphatic heterocycles. The van der Waals surface area contributed by atoms with Crippen molar-refractivity contribution in [3.8, 4) is 0 Å². The third-order valence-corrected chi connectivity index (χ3v) is 3.97. The van der Waals surface area contributed by atoms with Crippen molar-refractivity contribution in [2.24, 2.45) is 17.8 Å². The molecule has 0 aromatic carbocycles. The van der Waals surface area contributed by atoms with Crippen LogP contribution in [-0.4, -0.2) is 23.8 Å². The van der Waals surface area contributed by atoms with E-state index in [1.165, 1.54) is 25.7 Å². The Balaban J connectivity index is 1.79. The van der Waals surface area contributed by atoms with Crippen molar-refractivity contribution >= 4 is 5.97 Å². The molecule has 0 aromatic heterocycles. The highest BCUT2D eigenvalue weighted by molar-refractivity contribution is 5.74. The molecular weight excluding hydrogens is 192 g/mol. The van der Waals surface area contributed by atoms with Gasteiger partial charge in [-0.15, -0.1) is 0 Å². The maximum absolute atomic E-state index is 11.3. The van der Waals surface area contributed by atoms with E-state index in [1.54, 1.807) is 6.92 Å². The van der Waals surface area contributed by atoms with Crippen molar-refractivity contribution in [3.63, 3.8) is 0 Å². The molecule has 2 rings (SSSR count). The van der Waals surface area contributed by atoms with E-state index in [9.17, 15) is 9.90 Å². The third-order valence-electron chi connectivity index (χ3n) is 3.97. The Morgan fingerprint density at radius 2 is 2.27 bits per heavy atom. The number of ether oxygens (including phenoxy) is 1. The first-order chi connectivity index (χ1) is 7.20. The molecule has 2 fully saturated rings. The quantitative estimate of drug-likeness (QED) is 0.722. The average Bonchev–Trinajstić information content (AvgIpc) is 2.79. The molecule has 86 valence electrons. The van der Waals surface area contributed by atoms with Crippen molar-refractivity contribution in [3.05, 3.63) is 0 Å². The predicted octanol–water partition coefficient (Wildman–Crippen LogP) is 1.74. The lowest BCUT2D eigenvalue weighted by Crippen LogP contribution is -2.27. The number of hydrogen-bond donors (Lipinski definition) is 1. The van der Waals surface area contributed by atoms with Crippen molar-refractivity contribution in [2.75, 3.05) is 6.61 Å². The number of aliphatic hydroxyl groups is 1. The molecule has 0 radical (unpaired) electrons. The van der Waals surface area contributed by atoms with Crippen molar-refractivity contribution in [1.82, 2.24) is 0 Å². The highest BCUT2D eigenvalue weighted by atomic mass is 16.5. The Kier molecular flexibility index (Phi) is 3.29. The van der Waals surface area contributed by atoms with Crippen LogP contribution >= 0.6 is 0 Å². The molecule has 2 saturated carbocycles. The Morgan fingerprint density at radius 3 is 2.80 bits per heavy atom. The molecule has 0 amide bonds. The van der Waals surface area contributed by atoms with E-state index in [0.29, 0.717) is 18.9 Å². The summed E-state index contributed by atoms with van der Waals surface area (Å²) in [4.78, 5) is 11.3. The first-order valence-corrected chi connectivity index (χ1v) is 6.05. The first-order valence-electron chi connectivity index (χ1n) is 6.05. The second kappa shape index (κ2) is 4.52. The summed E-state index contributed by atoms with van der Waals surface area (Å²) in [7, 11) is 0. The number of hydrogen-bond acceptors (Lipinski definition) is 3. The number of esters is 1. The molecule has 2 aliphatic carbocycles. The van der Waals surface area contributed by atoms with Crippen LogP contribution in [0.25, 0.3) is 0 Å². The molecule has 0 heterocycles. The smallest absolute Gasteiger partial charge is 0.334 e. The minimum absolute atomic E-state index is 0.354. The fraction of sp³-hybridized carbons (Fsp3) is 0.917. The molecular formula is C12H20O3. The van der Waals surface area contributed by atoms with E-state index in [4.69, 9.17) is 4.74 Å². The van der Waals surface area contributed by atoms with Crippen LogP contribution in [0.3, 0.4) is 0 Å². The molecule has 4 atom stereocenters. The van der Waals surface area contributed by atoms with Crippen LogP contribution in [-0.2, 0) is 9.53 Å². The number of aliphatic hydroxyl groups excluding tert-OH is 1. The lowest BCUT2D eigenvalue weighted by Gasteiger charge is -2.23. The number of rotatable bonds is 4. The second-order valence-corrected chi connectivity index (χ2v) is 4.94. The summed E-state index contributed by atoms with van der Waals surface area (Å²) in [5, 5.41) is 9.66. The van der Waals surface area contributed by atoms with Gasteiger partial charge in [-0.1, -0.05) is 6.42 Å². The topological polar surface area (TPSA) is 46.5 Å². The van der Waals surface area contributed by atoms with E-state index in [0.717, 1.165) is 11.8 Å². The van der Waals surface area contributed by atoms with Gasteiger partial charge in [-0.2, -0.15) is 0 Å². The summed E-state index contributed by atoms with van der Waals surface area (Å²) in [6.45, 7) is 2.12. The first kappa shape index (κ1) is 10.9. The fourth-order valence-electron chi connectivity index (χ4n) is 3.29. The van der Waals surface area contributed by atoms with Gasteiger partial charge in [0.2, 0.25) is 0 Å². The van der Waals surface area contributed by atoms with Crippen LogP contribution in [0.4, 0.5) is 0 Å². The summed E-state index contributed by atoms with van der Waals surface area (Å²) in [5.74, 6) is 1.75. The van der Waals surface area contributed by atoms with E-state index in [2.05, 4.69) is 0 Å². The van der Waals surface area contributed by atoms with Crippen molar-refractivity contribution in [2.45, 2.75) is 45.1 Å². The Bertz CT molecular complexity index is 239. The van der Waals surface area contributed by atoms with Gasteiger partial charge < -0.3 is 9.84 Å². The summed E-state index contributed by atoms with van der Waals surface area (Å²) in [6.07, 6.45) is 4.90. The molecule has 2 bridgehead atoms. The number of fused-ring (bicyclic) bond motifs is 2. The van der Waals surface area contributed by atoms with Crippen LogP contribution in [0, 0.1) is 17.8 Å². The zero-order chi connectivity index (χ0) is 10.8. The van der Waals surface area contributed by atoms with Crippen molar-refractivity contribution in [1.29, 1.82) is 0 Å². The van der Waals surface area contributed by atoms with Crippen LogP contribution in [0.2, 0.25) is 0 Å². The monoisotopic (exact) mass is 212 g/mol. The molecule has 0 spiro atoms. The van der Waals surface area contributed by atoms with Crippen LogP contribution < -0.4 is 0 Å². The van der Waals surface area contributed by atoms with Gasteiger partial charge in [-0.25, -0.2) is 4.79 Å². The predicted molar refractivity (Wildman–Crippen MR) is 56.2 cm³/mol. The Hall–Kier alpha value is -0.570. The minimum Gasteiger partial charge on any atom is -0.464 e. The molecule has 0 saturated heterocycles. The number of carbonyl (C=O) groups is 1. The maximum Gasteiger partial charge on any atom is 0.334 e. The largest absolute Gasteiger partial charge is 0.464 e. The fourth-order valence-corrected chi connectivity index (χ4v) is 3.29. The van der Waals surface area contributed by atoms with E-state index >= 15 is 0 Å². The standard InChI is InChI=1S/C12H20O3/c1-2-15-12(14)11(13)7-10-6-8-3-4-9(10)5-8/h8-11,13H,2-7H2,1H3. The summed E-state index contributed by atoms with van der Waals surface area (Å²) >= 11 is 0. The highest BCUT2D eigenvalue weighted by Gasteiger charge is 2.40. The molecule has 2 aliphatic rings. The lowest BCUT2D eigenvalue weighted by molar-refractivity contribution is -0.154. The highest BCUT2D eigenvalue weighted by Crippen LogP contribution is 2.49. The van der Waals surface area contributed by atoms with Gasteiger partial charge in [-0.05, 0) is 50.4 Å². The average molecular weight is 212 g/mol. The van der Waals surface area contributed by atoms with Crippen LogP contribution in [0.15, 0.2) is 0 Å². The molecule has 4 unspecified atom stereocenters. The zero-order valence-corrected chi connectivity index (χ0v) is 9.32. The lowest BCUT2D eigenvalue weighted by atomic mass is 9.85. The third kappa shape index (κ3) is 2.33. The van der Waals surface area contributed by atoms with Crippen LogP contribution in [0.1, 0.15) is 39.0 Å². The van der Waals surface area contributed by atoms with Crippen LogP contribution in [0.5, 0.6) is 0 Å². The van der Waals surface area contributed by atoms with E-state index < -0.39 is 12.1 Å². The van der Waals surface area contributed by atoms with Gasteiger partial charge in [0.05, 0.1) is 6.61 Å². The normalized spacial score (nSPS) is 35.5. The van der Waals surface area contributed by atoms with Gasteiger partial charge in [-0.3, -0.25) is 0 Å². The maximum atomic E-state index is 11.3. The van der Waals surface area contributed by atoms with Gasteiger partial charge in [0.25, 0.3) is 0 Å². The van der Waals surface area contributed by atoms with Gasteiger partial charge in [0.1, 0.15) is 0 Å². The van der Waals surface area contributed by atoms with E-state index in [1.807, 2.05) is 0 Å². The molecule has 15 heavy (non-hydrogen) atoms. The zero-order valence-electron chi connectivity index (χ0n) is 9.32. The Labute approximate surface area is 90.8 Å². The Morgan fingerprint density at radius 1 is 1.47 bits per heavy atom. The second-order valence-electron chi connectivity index (χ2n) is 4.94.